The molecule has 8 heteroatoms. The van der Waals surface area contributed by atoms with Gasteiger partial charge in [0.05, 0.1) is 0 Å². The van der Waals surface area contributed by atoms with Crippen molar-refractivity contribution in [1.82, 2.24) is 20.0 Å². The first kappa shape index (κ1) is 17.3. The van der Waals surface area contributed by atoms with Crippen molar-refractivity contribution >= 4 is 5.91 Å². The molecule has 0 spiro atoms. The fourth-order valence-electron chi connectivity index (χ4n) is 3.21. The molecule has 1 saturated heterocycles. The maximum atomic E-state index is 13.3. The van der Waals surface area contributed by atoms with Crippen molar-refractivity contribution in [2.45, 2.75) is 18.8 Å². The molecule has 0 N–H and O–H groups in total. The smallest absolute Gasteiger partial charge is 0.258 e. The molecule has 0 radical (unpaired) electrons. The van der Waals surface area contributed by atoms with Crippen LogP contribution in [0, 0.1) is 11.6 Å². The highest BCUT2D eigenvalue weighted by Gasteiger charge is 2.28. The van der Waals surface area contributed by atoms with Gasteiger partial charge in [-0.25, -0.2) is 8.78 Å². The third-order valence-corrected chi connectivity index (χ3v) is 4.63. The van der Waals surface area contributed by atoms with Gasteiger partial charge < -0.3 is 9.42 Å². The lowest BCUT2D eigenvalue weighted by molar-refractivity contribution is 0.0709. The highest BCUT2D eigenvalue weighted by atomic mass is 19.1. The Labute approximate surface area is 153 Å². The Morgan fingerprint density at radius 1 is 1.07 bits per heavy atom. The number of hydrogen-bond acceptors (Lipinski definition) is 5. The van der Waals surface area contributed by atoms with Crippen LogP contribution >= 0.6 is 0 Å². The Morgan fingerprint density at radius 2 is 1.74 bits per heavy atom. The van der Waals surface area contributed by atoms with Gasteiger partial charge in [-0.3, -0.25) is 9.78 Å². The second-order valence-electron chi connectivity index (χ2n) is 6.42. The van der Waals surface area contributed by atoms with E-state index >= 15 is 0 Å². The first-order valence-electron chi connectivity index (χ1n) is 8.59. The molecule has 0 unspecified atom stereocenters. The van der Waals surface area contributed by atoms with Crippen LogP contribution in [0.5, 0.6) is 0 Å². The number of amides is 1. The van der Waals surface area contributed by atoms with Gasteiger partial charge in [-0.05, 0) is 37.1 Å². The van der Waals surface area contributed by atoms with Crippen LogP contribution in [0.25, 0.3) is 11.5 Å². The molecule has 1 amide bonds. The zero-order valence-corrected chi connectivity index (χ0v) is 14.3. The molecule has 2 aromatic heterocycles. The van der Waals surface area contributed by atoms with E-state index < -0.39 is 11.6 Å². The maximum Gasteiger partial charge on any atom is 0.258 e. The zero-order valence-electron chi connectivity index (χ0n) is 14.3. The number of likely N-dealkylation sites (tertiary alicyclic amines) is 1. The molecule has 1 aromatic carbocycles. The summed E-state index contributed by atoms with van der Waals surface area (Å²) in [6.45, 7) is 0.918. The maximum absolute atomic E-state index is 13.3. The number of aromatic nitrogens is 3. The van der Waals surface area contributed by atoms with Gasteiger partial charge in [0.1, 0.15) is 11.6 Å². The molecule has 6 nitrogen and oxygen atoms in total. The normalized spacial score (nSPS) is 15.1. The summed E-state index contributed by atoms with van der Waals surface area (Å²) < 4.78 is 32.0. The Hall–Kier alpha value is -3.16. The van der Waals surface area contributed by atoms with E-state index in [0.29, 0.717) is 37.6 Å². The number of nitrogens with zero attached hydrogens (tertiary/aromatic N) is 4. The average molecular weight is 370 g/mol. The summed E-state index contributed by atoms with van der Waals surface area (Å²) in [5, 5.41) is 4.06. The van der Waals surface area contributed by atoms with E-state index in [9.17, 15) is 13.6 Å². The van der Waals surface area contributed by atoms with Gasteiger partial charge in [0.25, 0.3) is 11.8 Å². The average Bonchev–Trinajstić information content (AvgIpc) is 3.18. The van der Waals surface area contributed by atoms with Crippen LogP contribution in [0.15, 0.2) is 47.2 Å². The molecule has 0 bridgehead atoms. The van der Waals surface area contributed by atoms with Gasteiger partial charge in [-0.15, -0.1) is 0 Å². The molecule has 3 aromatic rings. The number of pyridine rings is 1. The molecule has 138 valence electrons. The molecule has 1 fully saturated rings. The Balaban J connectivity index is 1.42. The minimum atomic E-state index is -0.760. The molecule has 0 aliphatic carbocycles. The van der Waals surface area contributed by atoms with E-state index in [2.05, 4.69) is 15.1 Å². The van der Waals surface area contributed by atoms with E-state index in [0.717, 1.165) is 23.8 Å². The van der Waals surface area contributed by atoms with Crippen LogP contribution in [0.1, 0.15) is 34.9 Å². The molecular weight excluding hydrogens is 354 g/mol. The van der Waals surface area contributed by atoms with Crippen molar-refractivity contribution in [3.05, 3.63) is 65.7 Å². The second-order valence-corrected chi connectivity index (χ2v) is 6.42. The lowest BCUT2D eigenvalue weighted by Crippen LogP contribution is -2.38. The molecule has 1 aliphatic heterocycles. The summed E-state index contributed by atoms with van der Waals surface area (Å²) in [5.41, 5.74) is 0.815. The van der Waals surface area contributed by atoms with E-state index in [-0.39, 0.29) is 17.4 Å². The molecule has 4 rings (SSSR count). The van der Waals surface area contributed by atoms with E-state index in [1.165, 1.54) is 0 Å². The fraction of sp³-hybridized carbons (Fsp3) is 0.263. The van der Waals surface area contributed by atoms with Crippen LogP contribution in [0.2, 0.25) is 0 Å². The fourth-order valence-corrected chi connectivity index (χ4v) is 3.21. The Morgan fingerprint density at radius 3 is 2.41 bits per heavy atom. The van der Waals surface area contributed by atoms with E-state index in [1.54, 1.807) is 29.4 Å². The SMILES string of the molecule is O=C(c1cc(F)cc(F)c1)N1CCC(c2noc(-c3ccncc3)n2)CC1. The van der Waals surface area contributed by atoms with Crippen LogP contribution in [0.4, 0.5) is 8.78 Å². The first-order chi connectivity index (χ1) is 13.1. The number of carbonyl (C=O) groups is 1. The number of halogens is 2. The summed E-state index contributed by atoms with van der Waals surface area (Å²) in [7, 11) is 0. The van der Waals surface area contributed by atoms with Gasteiger partial charge >= 0.3 is 0 Å². The molecule has 0 saturated carbocycles. The Kier molecular flexibility index (Phi) is 4.62. The molecule has 0 atom stereocenters. The van der Waals surface area contributed by atoms with Crippen molar-refractivity contribution in [1.29, 1.82) is 0 Å². The quantitative estimate of drug-likeness (QED) is 0.706. The van der Waals surface area contributed by atoms with Gasteiger partial charge in [0.15, 0.2) is 5.82 Å². The minimum absolute atomic E-state index is 0.0190. The molecule has 3 heterocycles. The summed E-state index contributed by atoms with van der Waals surface area (Å²) in [6.07, 6.45) is 4.61. The van der Waals surface area contributed by atoms with Crippen LogP contribution in [-0.2, 0) is 0 Å². The van der Waals surface area contributed by atoms with Crippen molar-refractivity contribution < 1.29 is 18.1 Å². The third kappa shape index (κ3) is 3.69. The van der Waals surface area contributed by atoms with Crippen molar-refractivity contribution in [2.24, 2.45) is 0 Å². The zero-order chi connectivity index (χ0) is 18.8. The number of carbonyl (C=O) groups excluding carboxylic acids is 1. The summed E-state index contributed by atoms with van der Waals surface area (Å²) >= 11 is 0. The molecular formula is C19H16F2N4O2. The third-order valence-electron chi connectivity index (χ3n) is 4.63. The van der Waals surface area contributed by atoms with Crippen molar-refractivity contribution in [2.75, 3.05) is 13.1 Å². The largest absolute Gasteiger partial charge is 0.339 e. The monoisotopic (exact) mass is 370 g/mol. The summed E-state index contributed by atoms with van der Waals surface area (Å²) in [5.74, 6) is -0.797. The second kappa shape index (κ2) is 7.22. The predicted molar refractivity (Wildman–Crippen MR) is 91.8 cm³/mol. The minimum Gasteiger partial charge on any atom is -0.339 e. The number of hydrogen-bond donors (Lipinski definition) is 0. The highest BCUT2D eigenvalue weighted by Crippen LogP contribution is 2.28. The topological polar surface area (TPSA) is 72.1 Å². The van der Waals surface area contributed by atoms with Gasteiger partial charge in [-0.1, -0.05) is 5.16 Å². The number of rotatable bonds is 3. The van der Waals surface area contributed by atoms with Gasteiger partial charge in [-0.2, -0.15) is 4.98 Å². The number of benzene rings is 1. The predicted octanol–water partition coefficient (Wildman–Crippen LogP) is 3.43. The highest BCUT2D eigenvalue weighted by molar-refractivity contribution is 5.94. The molecule has 27 heavy (non-hydrogen) atoms. The van der Waals surface area contributed by atoms with E-state index in [1.807, 2.05) is 0 Å². The summed E-state index contributed by atoms with van der Waals surface area (Å²) in [4.78, 5) is 22.5. The first-order valence-corrected chi connectivity index (χ1v) is 8.59. The molecule has 1 aliphatic rings. The van der Waals surface area contributed by atoms with Crippen LogP contribution in [0.3, 0.4) is 0 Å². The van der Waals surface area contributed by atoms with Gasteiger partial charge in [0, 0.05) is 48.6 Å². The number of piperidine rings is 1. The lowest BCUT2D eigenvalue weighted by Gasteiger charge is -2.30. The summed E-state index contributed by atoms with van der Waals surface area (Å²) in [6, 6.07) is 6.43. The van der Waals surface area contributed by atoms with Crippen LogP contribution < -0.4 is 0 Å². The van der Waals surface area contributed by atoms with Crippen molar-refractivity contribution in [3.8, 4) is 11.5 Å². The van der Waals surface area contributed by atoms with E-state index in [4.69, 9.17) is 4.52 Å². The standard InChI is InChI=1S/C19H16F2N4O2/c20-15-9-14(10-16(21)11-15)19(26)25-7-3-12(4-8-25)17-23-18(27-24-17)13-1-5-22-6-2-13/h1-2,5-6,9-12H,3-4,7-8H2. The van der Waals surface area contributed by atoms with Crippen LogP contribution in [-0.4, -0.2) is 39.0 Å². The Bertz CT molecular complexity index is 933. The van der Waals surface area contributed by atoms with Gasteiger partial charge in [0.2, 0.25) is 0 Å². The van der Waals surface area contributed by atoms with Crippen molar-refractivity contribution in [3.63, 3.8) is 0 Å². The lowest BCUT2D eigenvalue weighted by atomic mass is 9.95.